The van der Waals surface area contributed by atoms with Gasteiger partial charge >= 0.3 is 5.97 Å². The molecule has 3 rings (SSSR count). The minimum Gasteiger partial charge on any atom is -0.456 e. The Morgan fingerprint density at radius 2 is 1.95 bits per heavy atom. The summed E-state index contributed by atoms with van der Waals surface area (Å²) in [6.45, 7) is 0.0805. The zero-order valence-corrected chi connectivity index (χ0v) is 12.9. The van der Waals surface area contributed by atoms with Gasteiger partial charge in [-0.3, -0.25) is 14.5 Å². The molecule has 0 aliphatic carbocycles. The fourth-order valence-corrected chi connectivity index (χ4v) is 3.16. The van der Waals surface area contributed by atoms with Crippen LogP contribution in [0.5, 0.6) is 0 Å². The molecule has 6 nitrogen and oxygen atoms in total. The Morgan fingerprint density at radius 1 is 1.27 bits per heavy atom. The quantitative estimate of drug-likeness (QED) is 0.646. The van der Waals surface area contributed by atoms with Crippen LogP contribution in [-0.2, 0) is 25.7 Å². The first-order valence-corrected chi connectivity index (χ1v) is 7.18. The summed E-state index contributed by atoms with van der Waals surface area (Å²) in [4.78, 5) is 36.6. The van der Waals surface area contributed by atoms with E-state index in [9.17, 15) is 14.4 Å². The lowest BCUT2D eigenvalue weighted by atomic mass is 10.1. The monoisotopic (exact) mass is 340 g/mol. The van der Waals surface area contributed by atoms with Gasteiger partial charge in [0.1, 0.15) is 23.7 Å². The van der Waals surface area contributed by atoms with Crippen LogP contribution in [0.3, 0.4) is 0 Å². The highest BCUT2D eigenvalue weighted by Gasteiger charge is 2.52. The van der Waals surface area contributed by atoms with Crippen LogP contribution < -0.4 is 5.73 Å². The summed E-state index contributed by atoms with van der Waals surface area (Å²) in [6, 6.07) is 8.41. The van der Waals surface area contributed by atoms with E-state index in [2.05, 4.69) is 0 Å². The molecule has 0 spiro atoms. The third-order valence-corrected chi connectivity index (χ3v) is 4.35. The Morgan fingerprint density at radius 3 is 2.64 bits per heavy atom. The van der Waals surface area contributed by atoms with E-state index in [-0.39, 0.29) is 35.7 Å². The van der Waals surface area contributed by atoms with Gasteiger partial charge in [0.05, 0.1) is 0 Å². The molecule has 2 atom stereocenters. The van der Waals surface area contributed by atoms with Crippen LogP contribution in [-0.4, -0.2) is 33.3 Å². The number of hydrogen-bond acceptors (Lipinski definition) is 6. The summed E-state index contributed by atoms with van der Waals surface area (Å²) in [7, 11) is 0. The first-order chi connectivity index (χ1) is 10.1. The lowest BCUT2D eigenvalue weighted by Gasteiger charge is -2.46. The van der Waals surface area contributed by atoms with Crippen LogP contribution in [0.1, 0.15) is 5.56 Å². The molecular formula is C14H13ClN2O4S. The van der Waals surface area contributed by atoms with Crippen LogP contribution >= 0.6 is 24.2 Å². The number of fused-ring (bicyclic) bond motifs is 1. The fraction of sp³-hybridized carbons (Fsp3) is 0.214. The van der Waals surface area contributed by atoms with E-state index in [0.29, 0.717) is 0 Å². The number of rotatable bonds is 3. The highest BCUT2D eigenvalue weighted by molar-refractivity contribution is 8.14. The van der Waals surface area contributed by atoms with Crippen molar-refractivity contribution in [1.29, 1.82) is 0 Å². The molecule has 0 bridgehead atoms. The van der Waals surface area contributed by atoms with E-state index >= 15 is 0 Å². The first-order valence-electron chi connectivity index (χ1n) is 6.30. The summed E-state index contributed by atoms with van der Waals surface area (Å²) >= 11 is 0.941. The van der Waals surface area contributed by atoms with Crippen LogP contribution in [0.15, 0.2) is 42.1 Å². The standard InChI is InChI=1S/C14H12N2O4S.ClH/c15-11-12(18)16-9(6-10(17)21-13(11)16)14(19)20-7-8-4-2-1-3-5-8;/h1-6,11,13H,7,15H2;1H/t11-,13-;/m1./s1. The Kier molecular flexibility index (Phi) is 4.90. The number of ether oxygens (including phenoxy) is 1. The van der Waals surface area contributed by atoms with Gasteiger partial charge in [-0.2, -0.15) is 0 Å². The molecule has 0 saturated carbocycles. The second kappa shape index (κ2) is 6.51. The number of carbonyl (C=O) groups excluding carboxylic acids is 3. The summed E-state index contributed by atoms with van der Waals surface area (Å²) < 4.78 is 5.15. The maximum atomic E-state index is 12.1. The maximum absolute atomic E-state index is 12.1. The number of hydrogen-bond donors (Lipinski definition) is 1. The Balaban J connectivity index is 0.00000176. The molecule has 2 aliphatic heterocycles. The van der Waals surface area contributed by atoms with Gasteiger partial charge in [-0.05, 0) is 5.56 Å². The Hall–Kier alpha value is -1.83. The van der Waals surface area contributed by atoms with Gasteiger partial charge in [0.2, 0.25) is 11.0 Å². The van der Waals surface area contributed by atoms with E-state index < -0.39 is 17.4 Å². The molecule has 2 heterocycles. The van der Waals surface area contributed by atoms with Crippen molar-refractivity contribution in [1.82, 2.24) is 4.90 Å². The molecule has 0 radical (unpaired) electrons. The van der Waals surface area contributed by atoms with Crippen molar-refractivity contribution in [2.24, 2.45) is 5.73 Å². The van der Waals surface area contributed by atoms with E-state index in [1.54, 1.807) is 0 Å². The first kappa shape index (κ1) is 16.5. The van der Waals surface area contributed by atoms with Crippen molar-refractivity contribution in [2.75, 3.05) is 0 Å². The lowest BCUT2D eigenvalue weighted by molar-refractivity contribution is -0.151. The molecule has 0 aromatic heterocycles. The topological polar surface area (TPSA) is 89.7 Å². The third-order valence-electron chi connectivity index (χ3n) is 3.26. The van der Waals surface area contributed by atoms with Gasteiger partial charge in [-0.25, -0.2) is 4.79 Å². The second-order valence-electron chi connectivity index (χ2n) is 4.65. The molecule has 1 aromatic carbocycles. The molecular weight excluding hydrogens is 328 g/mol. The predicted molar refractivity (Wildman–Crippen MR) is 82.8 cm³/mol. The van der Waals surface area contributed by atoms with Crippen molar-refractivity contribution in [3.05, 3.63) is 47.7 Å². The minimum atomic E-state index is -0.746. The predicted octanol–water partition coefficient (Wildman–Crippen LogP) is 0.804. The van der Waals surface area contributed by atoms with E-state index in [1.165, 1.54) is 4.90 Å². The summed E-state index contributed by atoms with van der Waals surface area (Å²) in [5.41, 5.74) is 6.41. The number of amides is 1. The smallest absolute Gasteiger partial charge is 0.355 e. The van der Waals surface area contributed by atoms with Gasteiger partial charge in [-0.1, -0.05) is 42.1 Å². The molecule has 0 unspecified atom stereocenters. The molecule has 1 saturated heterocycles. The van der Waals surface area contributed by atoms with Crippen molar-refractivity contribution in [2.45, 2.75) is 18.0 Å². The zero-order valence-electron chi connectivity index (χ0n) is 11.3. The normalized spacial score (nSPS) is 23.0. The van der Waals surface area contributed by atoms with Crippen LogP contribution in [0, 0.1) is 0 Å². The molecule has 2 N–H and O–H groups in total. The van der Waals surface area contributed by atoms with Crippen molar-refractivity contribution in [3.8, 4) is 0 Å². The van der Waals surface area contributed by atoms with Crippen LogP contribution in [0.2, 0.25) is 0 Å². The van der Waals surface area contributed by atoms with Crippen molar-refractivity contribution < 1.29 is 19.1 Å². The summed E-state index contributed by atoms with van der Waals surface area (Å²) in [5.74, 6) is -1.07. The number of nitrogens with two attached hydrogens (primary N) is 1. The van der Waals surface area contributed by atoms with Gasteiger partial charge in [-0.15, -0.1) is 12.4 Å². The van der Waals surface area contributed by atoms with E-state index in [1.807, 2.05) is 30.3 Å². The summed E-state index contributed by atoms with van der Waals surface area (Å²) in [6.07, 6.45) is 1.12. The highest BCUT2D eigenvalue weighted by Crippen LogP contribution is 2.37. The van der Waals surface area contributed by atoms with E-state index in [0.717, 1.165) is 23.4 Å². The maximum Gasteiger partial charge on any atom is 0.355 e. The van der Waals surface area contributed by atoms with Crippen LogP contribution in [0.25, 0.3) is 0 Å². The fourth-order valence-electron chi connectivity index (χ4n) is 2.16. The summed E-state index contributed by atoms with van der Waals surface area (Å²) in [5, 5.41) is -0.805. The molecule has 8 heteroatoms. The average Bonchev–Trinajstić information content (AvgIpc) is 2.52. The van der Waals surface area contributed by atoms with Crippen LogP contribution in [0.4, 0.5) is 0 Å². The average molecular weight is 341 g/mol. The number of esters is 1. The molecule has 1 aromatic rings. The van der Waals surface area contributed by atoms with Gasteiger partial charge in [0.25, 0.3) is 0 Å². The molecule has 2 aliphatic rings. The number of benzene rings is 1. The third kappa shape index (κ3) is 2.87. The number of β-lactam (4-membered cyclic amide) rings is 1. The SMILES string of the molecule is Cl.N[C@@H]1C(=O)N2C(C(=O)OCc3ccccc3)=CC(=O)S[C@H]12. The molecule has 1 fully saturated rings. The number of carbonyl (C=O) groups is 3. The number of thioether (sulfide) groups is 1. The van der Waals surface area contributed by atoms with Gasteiger partial charge < -0.3 is 10.5 Å². The Bertz CT molecular complexity index is 650. The van der Waals surface area contributed by atoms with Crippen molar-refractivity contribution >= 4 is 41.2 Å². The highest BCUT2D eigenvalue weighted by atomic mass is 35.5. The van der Waals surface area contributed by atoms with Gasteiger partial charge in [0.15, 0.2) is 0 Å². The van der Waals surface area contributed by atoms with Gasteiger partial charge in [0, 0.05) is 6.08 Å². The van der Waals surface area contributed by atoms with E-state index in [4.69, 9.17) is 10.5 Å². The molecule has 22 heavy (non-hydrogen) atoms. The zero-order chi connectivity index (χ0) is 15.0. The lowest BCUT2D eigenvalue weighted by Crippen LogP contribution is -2.68. The molecule has 1 amide bonds. The number of halogens is 1. The minimum absolute atomic E-state index is 0. The Labute approximate surface area is 137 Å². The molecule has 116 valence electrons. The van der Waals surface area contributed by atoms with Crippen molar-refractivity contribution in [3.63, 3.8) is 0 Å². The number of nitrogens with zero attached hydrogens (tertiary/aromatic N) is 1. The second-order valence-corrected chi connectivity index (χ2v) is 5.77. The largest absolute Gasteiger partial charge is 0.456 e.